The van der Waals surface area contributed by atoms with Crippen LogP contribution in [0.5, 0.6) is 0 Å². The van der Waals surface area contributed by atoms with E-state index in [-0.39, 0.29) is 6.61 Å². The quantitative estimate of drug-likeness (QED) is 0.0475. The van der Waals surface area contributed by atoms with Crippen molar-refractivity contribution in [2.24, 2.45) is 5.73 Å². The van der Waals surface area contributed by atoms with Crippen molar-refractivity contribution in [2.75, 3.05) is 39.6 Å². The molecule has 18 N–H and O–H groups in total. The Morgan fingerprint density at radius 1 is 0.677 bits per heavy atom. The van der Waals surface area contributed by atoms with Gasteiger partial charge in [-0.05, 0) is 25.8 Å². The highest BCUT2D eigenvalue weighted by atomic mass is 16.8. The molecule has 0 saturated carbocycles. The predicted octanol–water partition coefficient (Wildman–Crippen LogP) is -9.89. The zero-order chi connectivity index (χ0) is 46.2. The van der Waals surface area contributed by atoms with Gasteiger partial charge >= 0.3 is 5.97 Å². The minimum absolute atomic E-state index is 0.199. The van der Waals surface area contributed by atoms with Crippen molar-refractivity contribution in [1.29, 1.82) is 0 Å². The van der Waals surface area contributed by atoms with E-state index in [4.69, 9.17) is 43.6 Å². The van der Waals surface area contributed by atoms with E-state index in [0.717, 1.165) is 6.92 Å². The van der Waals surface area contributed by atoms with Crippen LogP contribution in [0.2, 0.25) is 0 Å². The van der Waals surface area contributed by atoms with E-state index in [9.17, 15) is 86.2 Å². The second kappa shape index (κ2) is 23.5. The van der Waals surface area contributed by atoms with Crippen LogP contribution in [-0.2, 0) is 47.5 Å². The van der Waals surface area contributed by atoms with Crippen LogP contribution in [0.15, 0.2) is 0 Å². The molecular weight excluding hydrogens is 848 g/mol. The maximum absolute atomic E-state index is 12.5. The zero-order valence-corrected chi connectivity index (χ0v) is 33.6. The lowest BCUT2D eigenvalue weighted by Gasteiger charge is -2.51. The maximum atomic E-state index is 12.5. The fourth-order valence-corrected chi connectivity index (χ4v) is 7.61. The summed E-state index contributed by atoms with van der Waals surface area (Å²) in [4.78, 5) is 24.6. The van der Waals surface area contributed by atoms with Crippen LogP contribution >= 0.6 is 0 Å². The molecular formula is C35H62N2O25. The third-order valence-electron chi connectivity index (χ3n) is 11.0. The fraction of sp³-hybridized carbons (Fsp3) is 0.943. The second-order valence-corrected chi connectivity index (χ2v) is 15.5. The summed E-state index contributed by atoms with van der Waals surface area (Å²) in [5.41, 5.74) is 5.50. The molecule has 4 heterocycles. The molecule has 4 fully saturated rings. The number of nitrogens with two attached hydrogens (primary N) is 1. The highest BCUT2D eigenvalue weighted by molar-refractivity contribution is 5.76. The molecule has 27 nitrogen and oxygen atoms in total. The van der Waals surface area contributed by atoms with E-state index in [1.165, 1.54) is 0 Å². The number of hydrogen-bond acceptors (Lipinski definition) is 25. The van der Waals surface area contributed by atoms with Crippen molar-refractivity contribution >= 4 is 11.9 Å². The Kier molecular flexibility index (Phi) is 19.9. The standard InChI is InChI=1S/C35H62N2O25/c1-12(42)37-18-20(48)19(47)17(11-41)56-31(18)61-30-22(50)21(49)25(14(44)8-38)58-33(30)60-29-23(51)26(15(45)9-39)57-32(24(29)52)59-27-13(43)7-35(34(53)54,55-6-4-2-3-5-36)62-28(27)16(46)10-40/h13-33,38-41,43-52H,2-11,36H2,1H3,(H,37,42)(H,53,54)/t13-,14+,15+,16-,17?,18?,19-,20?,21+,22?,23-,24?,25+,26?,27-,28?,29+,30?,31-,32-,33-,35-/m1/s1. The van der Waals surface area contributed by atoms with E-state index < -0.39 is 179 Å². The van der Waals surface area contributed by atoms with E-state index in [2.05, 4.69) is 5.32 Å². The van der Waals surface area contributed by atoms with Crippen molar-refractivity contribution < 1.29 is 124 Å². The molecule has 0 aromatic rings. The highest BCUT2D eigenvalue weighted by Gasteiger charge is 2.59. The Morgan fingerprint density at radius 2 is 1.24 bits per heavy atom. The van der Waals surface area contributed by atoms with E-state index in [0.29, 0.717) is 25.8 Å². The van der Waals surface area contributed by atoms with Crippen molar-refractivity contribution in [3.8, 4) is 0 Å². The fourth-order valence-electron chi connectivity index (χ4n) is 7.61. The van der Waals surface area contributed by atoms with Gasteiger partial charge in [-0.3, -0.25) is 4.79 Å². The Balaban J connectivity index is 1.69. The van der Waals surface area contributed by atoms with Gasteiger partial charge in [-0.25, -0.2) is 4.79 Å². The van der Waals surface area contributed by atoms with Crippen LogP contribution in [0.3, 0.4) is 0 Å². The van der Waals surface area contributed by atoms with Crippen molar-refractivity contribution in [3.63, 3.8) is 0 Å². The van der Waals surface area contributed by atoms with Crippen LogP contribution in [0.25, 0.3) is 0 Å². The molecule has 1 amide bonds. The van der Waals surface area contributed by atoms with Gasteiger partial charge in [-0.15, -0.1) is 0 Å². The van der Waals surface area contributed by atoms with E-state index >= 15 is 0 Å². The summed E-state index contributed by atoms with van der Waals surface area (Å²) in [6.45, 7) is -2.98. The first-order valence-electron chi connectivity index (χ1n) is 20.0. The monoisotopic (exact) mass is 910 g/mol. The number of unbranched alkanes of at least 4 members (excludes halogenated alkanes) is 2. The van der Waals surface area contributed by atoms with Crippen molar-refractivity contribution in [1.82, 2.24) is 5.32 Å². The molecule has 0 radical (unpaired) electrons. The van der Waals surface area contributed by atoms with Crippen molar-refractivity contribution in [3.05, 3.63) is 0 Å². The molecule has 0 bridgehead atoms. The number of carbonyl (C=O) groups is 2. The smallest absolute Gasteiger partial charge is 0.364 e. The van der Waals surface area contributed by atoms with Crippen LogP contribution in [-0.4, -0.2) is 263 Å². The first-order chi connectivity index (χ1) is 29.3. The number of aliphatic carboxylic acids is 1. The first-order valence-corrected chi connectivity index (χ1v) is 20.0. The van der Waals surface area contributed by atoms with Crippen molar-refractivity contribution in [2.45, 2.75) is 167 Å². The summed E-state index contributed by atoms with van der Waals surface area (Å²) in [6.07, 6.45) is -39.7. The summed E-state index contributed by atoms with van der Waals surface area (Å²) < 4.78 is 45.7. The van der Waals surface area contributed by atoms with Gasteiger partial charge in [0.15, 0.2) is 18.9 Å². The average Bonchev–Trinajstić information content (AvgIpc) is 3.24. The van der Waals surface area contributed by atoms with Crippen LogP contribution in [0.1, 0.15) is 32.6 Å². The Morgan fingerprint density at radius 3 is 1.81 bits per heavy atom. The van der Waals surface area contributed by atoms with Gasteiger partial charge in [0.1, 0.15) is 104 Å². The molecule has 0 spiro atoms. The Bertz CT molecular complexity index is 1390. The van der Waals surface area contributed by atoms with Crippen LogP contribution in [0.4, 0.5) is 0 Å². The maximum Gasteiger partial charge on any atom is 0.364 e. The van der Waals surface area contributed by atoms with Gasteiger partial charge in [0.2, 0.25) is 5.91 Å². The average molecular weight is 911 g/mol. The molecule has 4 rings (SSSR count). The molecule has 362 valence electrons. The lowest BCUT2D eigenvalue weighted by atomic mass is 9.91. The number of hydrogen-bond donors (Lipinski definition) is 17. The normalized spacial score (nSPS) is 43.1. The number of rotatable bonds is 21. The highest BCUT2D eigenvalue weighted by Crippen LogP contribution is 2.38. The molecule has 62 heavy (non-hydrogen) atoms. The summed E-state index contributed by atoms with van der Waals surface area (Å²) >= 11 is 0. The number of aliphatic hydroxyl groups is 14. The molecule has 0 aromatic carbocycles. The number of aliphatic hydroxyl groups excluding tert-OH is 14. The summed E-state index contributed by atoms with van der Waals surface area (Å²) in [5, 5.41) is 162. The SMILES string of the molecule is CC(=O)NC1C(O)[C@H](O)C(CO)O[C@@H]1OC1C(O)[C@H](O)[C@H]([C@@H](O)CO)O[C@@H]1O[C@@H]1C(O)[C@@H](O[C@H]2C([C@H](O)CO)O[C@@](OCCCCCN)(C(=O)O)C[C@H]2O)OC([C@@H](O)CO)[C@H]1O. The topological polar surface area (TPSA) is 449 Å². The third-order valence-corrected chi connectivity index (χ3v) is 11.0. The lowest BCUT2D eigenvalue weighted by molar-refractivity contribution is -0.398. The number of carboxylic acids is 1. The number of carbonyl (C=O) groups excluding carboxylic acids is 1. The van der Waals surface area contributed by atoms with Gasteiger partial charge in [-0.2, -0.15) is 0 Å². The molecule has 0 aromatic heterocycles. The Labute approximate surface area is 353 Å². The first kappa shape index (κ1) is 52.6. The number of ether oxygens (including phenoxy) is 8. The minimum atomic E-state index is -2.59. The lowest BCUT2D eigenvalue weighted by Crippen LogP contribution is -2.70. The van der Waals surface area contributed by atoms with E-state index in [1.807, 2.05) is 0 Å². The molecule has 27 heteroatoms. The van der Waals surface area contributed by atoms with Gasteiger partial charge in [-0.1, -0.05) is 0 Å². The zero-order valence-electron chi connectivity index (χ0n) is 33.6. The summed E-state index contributed by atoms with van der Waals surface area (Å²) in [6, 6.07) is -1.65. The third kappa shape index (κ3) is 11.9. The summed E-state index contributed by atoms with van der Waals surface area (Å²) in [7, 11) is 0. The van der Waals surface area contributed by atoms with Gasteiger partial charge in [0.25, 0.3) is 5.79 Å². The molecule has 4 aliphatic rings. The van der Waals surface area contributed by atoms with Gasteiger partial charge in [0.05, 0.1) is 39.1 Å². The second-order valence-electron chi connectivity index (χ2n) is 15.5. The number of amides is 1. The molecule has 4 saturated heterocycles. The summed E-state index contributed by atoms with van der Waals surface area (Å²) in [5.74, 6) is -5.09. The Hall–Kier alpha value is -1.98. The largest absolute Gasteiger partial charge is 0.477 e. The predicted molar refractivity (Wildman–Crippen MR) is 195 cm³/mol. The minimum Gasteiger partial charge on any atom is -0.477 e. The van der Waals surface area contributed by atoms with Gasteiger partial charge < -0.3 is 126 Å². The van der Waals surface area contributed by atoms with Gasteiger partial charge in [0, 0.05) is 13.3 Å². The van der Waals surface area contributed by atoms with E-state index in [1.54, 1.807) is 0 Å². The number of carboxylic acid groups (broad SMARTS) is 1. The molecule has 8 unspecified atom stereocenters. The van der Waals surface area contributed by atoms with Crippen LogP contribution in [0, 0.1) is 0 Å². The molecule has 4 aliphatic heterocycles. The van der Waals surface area contributed by atoms with Crippen LogP contribution < -0.4 is 11.1 Å². The molecule has 22 atom stereocenters. The number of nitrogens with one attached hydrogen (secondary N) is 1. The molecule has 0 aliphatic carbocycles.